The maximum Gasteiger partial charge on any atom is 0.178 e. The van der Waals surface area contributed by atoms with Gasteiger partial charge < -0.3 is 10.5 Å². The van der Waals surface area contributed by atoms with Crippen LogP contribution in [0.15, 0.2) is 53.4 Å². The third-order valence-electron chi connectivity index (χ3n) is 2.86. The minimum atomic E-state index is -3.41. The summed E-state index contributed by atoms with van der Waals surface area (Å²) < 4.78 is 42.2. The highest BCUT2D eigenvalue weighted by Crippen LogP contribution is 2.16. The van der Waals surface area contributed by atoms with Gasteiger partial charge in [0.25, 0.3) is 0 Å². The van der Waals surface area contributed by atoms with Crippen molar-refractivity contribution in [2.45, 2.75) is 11.3 Å². The Morgan fingerprint density at radius 3 is 2.48 bits per heavy atom. The Hall–Kier alpha value is -2.08. The standard InChI is InChI=1S/C15H16FNO3S/c16-12-5-7-15(8-6-12)21(18,19)10-2-9-20-14-4-1-3-13(17)11-14/h1,3-8,11H,2,9-10,17H2. The monoisotopic (exact) mass is 309 g/mol. The van der Waals surface area contributed by atoms with Crippen LogP contribution in [0.3, 0.4) is 0 Å². The Morgan fingerprint density at radius 2 is 1.81 bits per heavy atom. The van der Waals surface area contributed by atoms with E-state index in [1.54, 1.807) is 24.3 Å². The molecule has 0 amide bonds. The number of halogens is 1. The molecule has 0 aliphatic carbocycles. The maximum absolute atomic E-state index is 12.8. The molecule has 0 heterocycles. The molecule has 0 atom stereocenters. The van der Waals surface area contributed by atoms with Gasteiger partial charge in [-0.15, -0.1) is 0 Å². The van der Waals surface area contributed by atoms with Crippen molar-refractivity contribution in [3.05, 3.63) is 54.3 Å². The summed E-state index contributed by atoms with van der Waals surface area (Å²) in [6.07, 6.45) is 0.342. The molecule has 2 N–H and O–H groups in total. The van der Waals surface area contributed by atoms with E-state index < -0.39 is 15.7 Å². The lowest BCUT2D eigenvalue weighted by molar-refractivity contribution is 0.318. The first-order valence-corrected chi connectivity index (χ1v) is 8.09. The number of sulfone groups is 1. The predicted octanol–water partition coefficient (Wildman–Crippen LogP) is 2.65. The van der Waals surface area contributed by atoms with Crippen LogP contribution >= 0.6 is 0 Å². The molecular formula is C15H16FNO3S. The number of rotatable bonds is 6. The minimum Gasteiger partial charge on any atom is -0.493 e. The lowest BCUT2D eigenvalue weighted by Crippen LogP contribution is -2.10. The molecule has 0 spiro atoms. The molecule has 0 aliphatic heterocycles. The van der Waals surface area contributed by atoms with Gasteiger partial charge in [0, 0.05) is 11.8 Å². The highest BCUT2D eigenvalue weighted by molar-refractivity contribution is 7.91. The zero-order valence-electron chi connectivity index (χ0n) is 11.3. The van der Waals surface area contributed by atoms with Crippen molar-refractivity contribution in [3.63, 3.8) is 0 Å². The minimum absolute atomic E-state index is 0.0546. The average molecular weight is 309 g/mol. The van der Waals surface area contributed by atoms with Crippen molar-refractivity contribution >= 4 is 15.5 Å². The SMILES string of the molecule is Nc1cccc(OCCCS(=O)(=O)c2ccc(F)cc2)c1. The molecule has 112 valence electrons. The number of hydrogen-bond acceptors (Lipinski definition) is 4. The highest BCUT2D eigenvalue weighted by Gasteiger charge is 2.14. The van der Waals surface area contributed by atoms with E-state index in [4.69, 9.17) is 10.5 Å². The van der Waals surface area contributed by atoms with Crippen molar-refractivity contribution in [2.75, 3.05) is 18.1 Å². The van der Waals surface area contributed by atoms with E-state index in [0.29, 0.717) is 17.9 Å². The fourth-order valence-electron chi connectivity index (χ4n) is 1.80. The lowest BCUT2D eigenvalue weighted by atomic mass is 10.3. The molecule has 4 nitrogen and oxygen atoms in total. The second-order valence-electron chi connectivity index (χ2n) is 4.55. The van der Waals surface area contributed by atoms with E-state index in [2.05, 4.69) is 0 Å². The van der Waals surface area contributed by atoms with E-state index in [0.717, 1.165) is 12.1 Å². The quantitative estimate of drug-likeness (QED) is 0.506. The molecule has 0 aromatic heterocycles. The topological polar surface area (TPSA) is 69.4 Å². The van der Waals surface area contributed by atoms with E-state index in [9.17, 15) is 12.8 Å². The number of benzene rings is 2. The molecule has 21 heavy (non-hydrogen) atoms. The van der Waals surface area contributed by atoms with Crippen LogP contribution in [0.5, 0.6) is 5.75 Å². The molecule has 2 aromatic carbocycles. The van der Waals surface area contributed by atoms with Gasteiger partial charge in [0.2, 0.25) is 0 Å². The van der Waals surface area contributed by atoms with Gasteiger partial charge in [0.15, 0.2) is 9.84 Å². The first kappa shape index (κ1) is 15.3. The van der Waals surface area contributed by atoms with Gasteiger partial charge in [-0.05, 0) is 42.8 Å². The number of nitrogen functional groups attached to an aromatic ring is 1. The van der Waals surface area contributed by atoms with Crippen LogP contribution in [0.25, 0.3) is 0 Å². The summed E-state index contributed by atoms with van der Waals surface area (Å²) in [6.45, 7) is 0.268. The number of hydrogen-bond donors (Lipinski definition) is 1. The smallest absolute Gasteiger partial charge is 0.178 e. The van der Waals surface area contributed by atoms with Crippen LogP contribution in [0, 0.1) is 5.82 Å². The van der Waals surface area contributed by atoms with E-state index in [1.165, 1.54) is 12.1 Å². The highest BCUT2D eigenvalue weighted by atomic mass is 32.2. The van der Waals surface area contributed by atoms with Crippen molar-refractivity contribution < 1.29 is 17.5 Å². The Kier molecular flexibility index (Phi) is 4.80. The third kappa shape index (κ3) is 4.46. The number of nitrogens with two attached hydrogens (primary N) is 1. The summed E-state index contributed by atoms with van der Waals surface area (Å²) in [7, 11) is -3.41. The van der Waals surface area contributed by atoms with Gasteiger partial charge in [0.1, 0.15) is 11.6 Å². The van der Waals surface area contributed by atoms with Crippen molar-refractivity contribution in [1.29, 1.82) is 0 Å². The van der Waals surface area contributed by atoms with E-state index in [1.807, 2.05) is 0 Å². The van der Waals surface area contributed by atoms with E-state index in [-0.39, 0.29) is 17.3 Å². The second-order valence-corrected chi connectivity index (χ2v) is 6.66. The largest absolute Gasteiger partial charge is 0.493 e. The molecular weight excluding hydrogens is 293 g/mol. The van der Waals surface area contributed by atoms with Crippen LogP contribution in [0.2, 0.25) is 0 Å². The lowest BCUT2D eigenvalue weighted by Gasteiger charge is -2.07. The molecule has 0 fully saturated rings. The zero-order chi connectivity index (χ0) is 15.3. The first-order valence-electron chi connectivity index (χ1n) is 6.44. The van der Waals surface area contributed by atoms with Crippen LogP contribution in [-0.2, 0) is 9.84 Å². The van der Waals surface area contributed by atoms with Gasteiger partial charge in [0.05, 0.1) is 17.3 Å². The van der Waals surface area contributed by atoms with Crippen molar-refractivity contribution in [1.82, 2.24) is 0 Å². The third-order valence-corrected chi connectivity index (χ3v) is 4.67. The second kappa shape index (κ2) is 6.58. The van der Waals surface area contributed by atoms with Gasteiger partial charge in [-0.3, -0.25) is 0 Å². The Bertz CT molecular complexity index is 699. The Labute approximate surface area is 123 Å². The molecule has 0 bridgehead atoms. The number of ether oxygens (including phenoxy) is 1. The van der Waals surface area contributed by atoms with E-state index >= 15 is 0 Å². The normalized spacial score (nSPS) is 11.3. The van der Waals surface area contributed by atoms with Crippen molar-refractivity contribution in [3.8, 4) is 5.75 Å². The molecule has 2 aromatic rings. The van der Waals surface area contributed by atoms with Crippen LogP contribution in [-0.4, -0.2) is 20.8 Å². The first-order chi connectivity index (χ1) is 9.97. The Balaban J connectivity index is 1.86. The van der Waals surface area contributed by atoms with Crippen LogP contribution in [0.1, 0.15) is 6.42 Å². The van der Waals surface area contributed by atoms with Gasteiger partial charge in [-0.2, -0.15) is 0 Å². The summed E-state index contributed by atoms with van der Waals surface area (Å²) >= 11 is 0. The summed E-state index contributed by atoms with van der Waals surface area (Å²) in [5.41, 5.74) is 6.20. The van der Waals surface area contributed by atoms with Crippen LogP contribution < -0.4 is 10.5 Å². The summed E-state index contributed by atoms with van der Waals surface area (Å²) in [6, 6.07) is 11.7. The van der Waals surface area contributed by atoms with Crippen molar-refractivity contribution in [2.24, 2.45) is 0 Å². The fraction of sp³-hybridized carbons (Fsp3) is 0.200. The zero-order valence-corrected chi connectivity index (χ0v) is 12.1. The van der Waals surface area contributed by atoms with Gasteiger partial charge >= 0.3 is 0 Å². The molecule has 0 saturated carbocycles. The summed E-state index contributed by atoms with van der Waals surface area (Å²) in [4.78, 5) is 0.118. The molecule has 0 saturated heterocycles. The van der Waals surface area contributed by atoms with Gasteiger partial charge in [-0.25, -0.2) is 12.8 Å². The summed E-state index contributed by atoms with van der Waals surface area (Å²) in [5.74, 6) is 0.0918. The number of anilines is 1. The van der Waals surface area contributed by atoms with Gasteiger partial charge in [-0.1, -0.05) is 6.07 Å². The predicted molar refractivity (Wildman–Crippen MR) is 79.4 cm³/mol. The fourth-order valence-corrected chi connectivity index (χ4v) is 3.09. The molecule has 0 unspecified atom stereocenters. The molecule has 2 rings (SSSR count). The maximum atomic E-state index is 12.8. The Morgan fingerprint density at radius 1 is 1.10 bits per heavy atom. The molecule has 0 radical (unpaired) electrons. The summed E-state index contributed by atoms with van der Waals surface area (Å²) in [5, 5.41) is 0. The van der Waals surface area contributed by atoms with Crippen LogP contribution in [0.4, 0.5) is 10.1 Å². The molecule has 6 heteroatoms. The molecule has 0 aliphatic rings. The average Bonchev–Trinajstić information content (AvgIpc) is 2.44.